The molecule has 104 valence electrons. The standard InChI is InChI=1S/C13H13N3O4/c1-8(12-3-2-6-20-12)15-13(17)9-4-5-11(16(18)19)10(14)7-9/h2-8H,14H2,1H3,(H,15,17). The Bertz CT molecular complexity index is 637. The van der Waals surface area contributed by atoms with Crippen LogP contribution >= 0.6 is 0 Å². The zero-order valence-electron chi connectivity index (χ0n) is 10.7. The van der Waals surface area contributed by atoms with E-state index in [-0.39, 0.29) is 28.9 Å². The van der Waals surface area contributed by atoms with Crippen molar-refractivity contribution in [2.45, 2.75) is 13.0 Å². The summed E-state index contributed by atoms with van der Waals surface area (Å²) in [5.74, 6) is 0.240. The number of rotatable bonds is 4. The van der Waals surface area contributed by atoms with Gasteiger partial charge in [0.25, 0.3) is 11.6 Å². The van der Waals surface area contributed by atoms with Crippen molar-refractivity contribution in [3.05, 3.63) is 58.0 Å². The molecule has 0 saturated carbocycles. The van der Waals surface area contributed by atoms with Crippen molar-refractivity contribution >= 4 is 17.3 Å². The van der Waals surface area contributed by atoms with E-state index in [4.69, 9.17) is 10.2 Å². The molecular formula is C13H13N3O4. The number of hydrogen-bond donors (Lipinski definition) is 2. The Morgan fingerprint density at radius 2 is 2.20 bits per heavy atom. The lowest BCUT2D eigenvalue weighted by Crippen LogP contribution is -2.26. The molecule has 1 aromatic carbocycles. The molecule has 0 bridgehead atoms. The molecule has 3 N–H and O–H groups in total. The Kier molecular flexibility index (Phi) is 3.69. The van der Waals surface area contributed by atoms with Crippen LogP contribution in [0, 0.1) is 10.1 Å². The number of amides is 1. The molecule has 0 aliphatic heterocycles. The van der Waals surface area contributed by atoms with Crippen LogP contribution in [0.2, 0.25) is 0 Å². The Balaban J connectivity index is 2.14. The Hall–Kier alpha value is -2.83. The molecule has 1 amide bonds. The topological polar surface area (TPSA) is 111 Å². The van der Waals surface area contributed by atoms with Gasteiger partial charge in [0.2, 0.25) is 0 Å². The van der Waals surface area contributed by atoms with Gasteiger partial charge in [0, 0.05) is 11.6 Å². The highest BCUT2D eigenvalue weighted by Gasteiger charge is 2.17. The average molecular weight is 275 g/mol. The van der Waals surface area contributed by atoms with Gasteiger partial charge in [-0.1, -0.05) is 0 Å². The highest BCUT2D eigenvalue weighted by Crippen LogP contribution is 2.22. The summed E-state index contributed by atoms with van der Waals surface area (Å²) in [6.45, 7) is 1.77. The number of furan rings is 1. The van der Waals surface area contributed by atoms with Crippen LogP contribution in [0.25, 0.3) is 0 Å². The Labute approximate surface area is 114 Å². The fourth-order valence-electron chi connectivity index (χ4n) is 1.75. The first-order valence-electron chi connectivity index (χ1n) is 5.87. The van der Waals surface area contributed by atoms with E-state index in [1.54, 1.807) is 19.1 Å². The molecular weight excluding hydrogens is 262 g/mol. The van der Waals surface area contributed by atoms with Gasteiger partial charge in [-0.15, -0.1) is 0 Å². The van der Waals surface area contributed by atoms with Crippen molar-refractivity contribution in [1.29, 1.82) is 0 Å². The van der Waals surface area contributed by atoms with Gasteiger partial charge in [-0.2, -0.15) is 0 Å². The predicted octanol–water partition coefficient (Wildman–Crippen LogP) is 2.26. The SMILES string of the molecule is CC(NC(=O)c1ccc([N+](=O)[O-])c(N)c1)c1ccco1. The minimum Gasteiger partial charge on any atom is -0.467 e. The second kappa shape index (κ2) is 5.43. The lowest BCUT2D eigenvalue weighted by Gasteiger charge is -2.11. The van der Waals surface area contributed by atoms with Crippen molar-refractivity contribution in [1.82, 2.24) is 5.32 Å². The molecule has 0 aliphatic carbocycles. The van der Waals surface area contributed by atoms with Crippen molar-refractivity contribution in [2.75, 3.05) is 5.73 Å². The maximum Gasteiger partial charge on any atom is 0.292 e. The summed E-state index contributed by atoms with van der Waals surface area (Å²) in [5.41, 5.74) is 5.53. The van der Waals surface area contributed by atoms with E-state index in [2.05, 4.69) is 5.32 Å². The lowest BCUT2D eigenvalue weighted by molar-refractivity contribution is -0.383. The number of nitrogens with zero attached hydrogens (tertiary/aromatic N) is 1. The molecule has 0 aliphatic rings. The van der Waals surface area contributed by atoms with Gasteiger partial charge in [-0.05, 0) is 31.2 Å². The van der Waals surface area contributed by atoms with Crippen molar-refractivity contribution in [3.63, 3.8) is 0 Å². The molecule has 1 heterocycles. The van der Waals surface area contributed by atoms with Crippen LogP contribution in [-0.4, -0.2) is 10.8 Å². The van der Waals surface area contributed by atoms with Gasteiger partial charge in [-0.3, -0.25) is 14.9 Å². The minimum atomic E-state index is -0.595. The molecule has 0 fully saturated rings. The van der Waals surface area contributed by atoms with Crippen LogP contribution in [0.1, 0.15) is 29.1 Å². The summed E-state index contributed by atoms with van der Waals surface area (Å²) in [7, 11) is 0. The molecule has 0 saturated heterocycles. The quantitative estimate of drug-likeness (QED) is 0.505. The molecule has 20 heavy (non-hydrogen) atoms. The van der Waals surface area contributed by atoms with E-state index in [0.29, 0.717) is 5.76 Å². The van der Waals surface area contributed by atoms with E-state index in [9.17, 15) is 14.9 Å². The fourth-order valence-corrected chi connectivity index (χ4v) is 1.75. The third kappa shape index (κ3) is 2.77. The van der Waals surface area contributed by atoms with Gasteiger partial charge in [0.15, 0.2) is 0 Å². The van der Waals surface area contributed by atoms with E-state index >= 15 is 0 Å². The highest BCUT2D eigenvalue weighted by molar-refractivity contribution is 5.95. The largest absolute Gasteiger partial charge is 0.467 e. The zero-order valence-corrected chi connectivity index (χ0v) is 10.7. The van der Waals surface area contributed by atoms with Gasteiger partial charge < -0.3 is 15.5 Å². The number of carbonyl (C=O) groups is 1. The second-order valence-electron chi connectivity index (χ2n) is 4.24. The molecule has 0 spiro atoms. The number of carbonyl (C=O) groups excluding carboxylic acids is 1. The summed E-state index contributed by atoms with van der Waals surface area (Å²) in [6, 6.07) is 7.01. The van der Waals surface area contributed by atoms with Gasteiger partial charge >= 0.3 is 0 Å². The van der Waals surface area contributed by atoms with Gasteiger partial charge in [-0.25, -0.2) is 0 Å². The number of nitrogens with two attached hydrogens (primary N) is 1. The molecule has 7 nitrogen and oxygen atoms in total. The predicted molar refractivity (Wildman–Crippen MR) is 72.1 cm³/mol. The lowest BCUT2D eigenvalue weighted by atomic mass is 10.1. The third-order valence-corrected chi connectivity index (χ3v) is 2.80. The normalized spacial score (nSPS) is 11.8. The number of hydrogen-bond acceptors (Lipinski definition) is 5. The first-order valence-corrected chi connectivity index (χ1v) is 5.87. The van der Waals surface area contributed by atoms with E-state index < -0.39 is 4.92 Å². The zero-order chi connectivity index (χ0) is 14.7. The summed E-state index contributed by atoms with van der Waals surface area (Å²) in [5, 5.41) is 13.4. The number of anilines is 1. The first-order chi connectivity index (χ1) is 9.49. The Morgan fingerprint density at radius 1 is 1.45 bits per heavy atom. The van der Waals surface area contributed by atoms with E-state index in [1.807, 2.05) is 0 Å². The van der Waals surface area contributed by atoms with Crippen LogP contribution in [-0.2, 0) is 0 Å². The summed E-state index contributed by atoms with van der Waals surface area (Å²) < 4.78 is 5.18. The fraction of sp³-hybridized carbons (Fsp3) is 0.154. The molecule has 2 aromatic rings. The maximum atomic E-state index is 12.0. The minimum absolute atomic E-state index is 0.0479. The summed E-state index contributed by atoms with van der Waals surface area (Å²) in [6.07, 6.45) is 1.52. The number of nitrogens with one attached hydrogen (secondary N) is 1. The van der Waals surface area contributed by atoms with Gasteiger partial charge in [0.05, 0.1) is 17.2 Å². The van der Waals surface area contributed by atoms with Crippen molar-refractivity contribution < 1.29 is 14.1 Å². The summed E-state index contributed by atoms with van der Waals surface area (Å²) >= 11 is 0. The number of benzene rings is 1. The Morgan fingerprint density at radius 3 is 2.75 bits per heavy atom. The molecule has 1 aromatic heterocycles. The monoisotopic (exact) mass is 275 g/mol. The molecule has 7 heteroatoms. The van der Waals surface area contributed by atoms with Crippen LogP contribution in [0.5, 0.6) is 0 Å². The van der Waals surface area contributed by atoms with Crippen molar-refractivity contribution in [2.24, 2.45) is 0 Å². The van der Waals surface area contributed by atoms with Crippen LogP contribution < -0.4 is 11.1 Å². The number of nitro benzene ring substituents is 1. The van der Waals surface area contributed by atoms with Crippen LogP contribution in [0.15, 0.2) is 41.0 Å². The second-order valence-corrected chi connectivity index (χ2v) is 4.24. The summed E-state index contributed by atoms with van der Waals surface area (Å²) in [4.78, 5) is 22.1. The maximum absolute atomic E-state index is 12.0. The smallest absolute Gasteiger partial charge is 0.292 e. The first kappa shape index (κ1) is 13.6. The molecule has 1 unspecified atom stereocenters. The van der Waals surface area contributed by atoms with Crippen LogP contribution in [0.4, 0.5) is 11.4 Å². The average Bonchev–Trinajstić information content (AvgIpc) is 2.91. The third-order valence-electron chi connectivity index (χ3n) is 2.80. The molecule has 2 rings (SSSR count). The van der Waals surface area contributed by atoms with E-state index in [0.717, 1.165) is 0 Å². The molecule has 1 atom stereocenters. The van der Waals surface area contributed by atoms with Crippen LogP contribution in [0.3, 0.4) is 0 Å². The highest BCUT2D eigenvalue weighted by atomic mass is 16.6. The molecule has 0 radical (unpaired) electrons. The number of nitrogen functional groups attached to an aromatic ring is 1. The van der Waals surface area contributed by atoms with E-state index in [1.165, 1.54) is 24.5 Å². The van der Waals surface area contributed by atoms with Crippen molar-refractivity contribution in [3.8, 4) is 0 Å². The van der Waals surface area contributed by atoms with Gasteiger partial charge in [0.1, 0.15) is 11.4 Å². The number of nitro groups is 1.